The first-order valence-corrected chi connectivity index (χ1v) is 8.24. The second-order valence-electron chi connectivity index (χ2n) is 4.75. The predicted octanol–water partition coefficient (Wildman–Crippen LogP) is 3.01. The van der Waals surface area contributed by atoms with Crippen LogP contribution >= 0.6 is 27.3 Å². The molecule has 1 aliphatic rings. The number of halogens is 1. The molecule has 1 unspecified atom stereocenters. The lowest BCUT2D eigenvalue weighted by atomic mass is 9.94. The van der Waals surface area contributed by atoms with E-state index in [1.54, 1.807) is 11.3 Å². The largest absolute Gasteiger partial charge is 0.350 e. The Hall–Kier alpha value is -1.17. The summed E-state index contributed by atoms with van der Waals surface area (Å²) in [4.78, 5) is 13.5. The lowest BCUT2D eigenvalue weighted by molar-refractivity contribution is -0.123. The molecule has 3 rings (SSSR count). The van der Waals surface area contributed by atoms with Crippen molar-refractivity contribution in [1.29, 1.82) is 0 Å². The van der Waals surface area contributed by atoms with Crippen LogP contribution in [0.3, 0.4) is 0 Å². The van der Waals surface area contributed by atoms with Crippen molar-refractivity contribution < 1.29 is 4.79 Å². The molecule has 2 aromatic rings. The molecule has 0 spiro atoms. The van der Waals surface area contributed by atoms with Crippen LogP contribution in [0.4, 0.5) is 0 Å². The van der Waals surface area contributed by atoms with Crippen LogP contribution in [-0.2, 0) is 17.8 Å². The molecule has 0 aliphatic carbocycles. The SMILES string of the molecule is O=C(NCc1sccc1Br)C1NCCc2ccccc21. The second kappa shape index (κ2) is 6.08. The molecule has 3 nitrogen and oxygen atoms in total. The van der Waals surface area contributed by atoms with Crippen LogP contribution in [0.2, 0.25) is 0 Å². The van der Waals surface area contributed by atoms with Gasteiger partial charge in [0, 0.05) is 15.9 Å². The standard InChI is InChI=1S/C15H15BrN2OS/c16-12-6-8-20-13(12)9-18-15(19)14-11-4-2-1-3-10(11)5-7-17-14/h1-4,6,8,14,17H,5,7,9H2,(H,18,19). The van der Waals surface area contributed by atoms with Gasteiger partial charge in [0.25, 0.3) is 0 Å². The lowest BCUT2D eigenvalue weighted by Crippen LogP contribution is -2.41. The monoisotopic (exact) mass is 350 g/mol. The van der Waals surface area contributed by atoms with Gasteiger partial charge in [-0.3, -0.25) is 4.79 Å². The van der Waals surface area contributed by atoms with E-state index in [1.807, 2.05) is 29.6 Å². The quantitative estimate of drug-likeness (QED) is 0.893. The highest BCUT2D eigenvalue weighted by Gasteiger charge is 2.25. The van der Waals surface area contributed by atoms with Crippen molar-refractivity contribution in [2.24, 2.45) is 0 Å². The Morgan fingerprint density at radius 3 is 3.05 bits per heavy atom. The zero-order valence-corrected chi connectivity index (χ0v) is 13.3. The third-order valence-corrected chi connectivity index (χ3v) is 5.41. The number of hydrogen-bond donors (Lipinski definition) is 2. The van der Waals surface area contributed by atoms with Crippen molar-refractivity contribution in [2.75, 3.05) is 6.54 Å². The van der Waals surface area contributed by atoms with Crippen LogP contribution in [-0.4, -0.2) is 12.5 Å². The van der Waals surface area contributed by atoms with Gasteiger partial charge in [0.15, 0.2) is 0 Å². The van der Waals surface area contributed by atoms with Gasteiger partial charge in [0.2, 0.25) is 5.91 Å². The third kappa shape index (κ3) is 2.80. The van der Waals surface area contributed by atoms with Crippen LogP contribution < -0.4 is 10.6 Å². The number of fused-ring (bicyclic) bond motifs is 1. The highest BCUT2D eigenvalue weighted by molar-refractivity contribution is 9.10. The first kappa shape index (κ1) is 13.8. The zero-order chi connectivity index (χ0) is 13.9. The van der Waals surface area contributed by atoms with Crippen molar-refractivity contribution in [3.8, 4) is 0 Å². The Balaban J connectivity index is 1.71. The van der Waals surface area contributed by atoms with Crippen molar-refractivity contribution in [3.63, 3.8) is 0 Å². The molecule has 1 aliphatic heterocycles. The maximum Gasteiger partial charge on any atom is 0.242 e. The maximum atomic E-state index is 12.4. The fraction of sp³-hybridized carbons (Fsp3) is 0.267. The number of benzene rings is 1. The van der Waals surface area contributed by atoms with Crippen molar-refractivity contribution in [3.05, 3.63) is 56.2 Å². The normalized spacial score (nSPS) is 17.6. The van der Waals surface area contributed by atoms with Gasteiger partial charge in [-0.1, -0.05) is 24.3 Å². The van der Waals surface area contributed by atoms with E-state index in [9.17, 15) is 4.79 Å². The molecule has 1 amide bonds. The first-order chi connectivity index (χ1) is 9.75. The summed E-state index contributed by atoms with van der Waals surface area (Å²) >= 11 is 5.12. The Morgan fingerprint density at radius 2 is 2.25 bits per heavy atom. The minimum absolute atomic E-state index is 0.0393. The van der Waals surface area contributed by atoms with E-state index in [2.05, 4.69) is 32.6 Å². The van der Waals surface area contributed by atoms with E-state index in [0.717, 1.165) is 27.9 Å². The molecule has 5 heteroatoms. The topological polar surface area (TPSA) is 41.1 Å². The number of carbonyl (C=O) groups excluding carboxylic acids is 1. The van der Waals surface area contributed by atoms with E-state index in [1.165, 1.54) is 5.56 Å². The van der Waals surface area contributed by atoms with Crippen LogP contribution in [0.25, 0.3) is 0 Å². The van der Waals surface area contributed by atoms with Crippen LogP contribution in [0.15, 0.2) is 40.2 Å². The molecule has 1 aromatic carbocycles. The smallest absolute Gasteiger partial charge is 0.242 e. The Bertz CT molecular complexity index is 626. The summed E-state index contributed by atoms with van der Waals surface area (Å²) in [5.41, 5.74) is 2.37. The molecule has 2 N–H and O–H groups in total. The molecule has 104 valence electrons. The number of thiophene rings is 1. The van der Waals surface area contributed by atoms with Gasteiger partial charge in [0.05, 0.1) is 6.54 Å². The van der Waals surface area contributed by atoms with Gasteiger partial charge < -0.3 is 10.6 Å². The van der Waals surface area contributed by atoms with Gasteiger partial charge >= 0.3 is 0 Å². The minimum Gasteiger partial charge on any atom is -0.350 e. The molecule has 0 bridgehead atoms. The summed E-state index contributed by atoms with van der Waals surface area (Å²) < 4.78 is 1.06. The van der Waals surface area contributed by atoms with Crippen molar-refractivity contribution in [2.45, 2.75) is 19.0 Å². The number of hydrogen-bond acceptors (Lipinski definition) is 3. The van der Waals surface area contributed by atoms with Gasteiger partial charge in [0.1, 0.15) is 6.04 Å². The molecule has 0 fully saturated rings. The lowest BCUT2D eigenvalue weighted by Gasteiger charge is -2.26. The molecular formula is C15H15BrN2OS. The molecule has 0 saturated heterocycles. The Kier molecular flexibility index (Phi) is 4.19. The van der Waals surface area contributed by atoms with E-state index in [0.29, 0.717) is 6.54 Å². The molecule has 1 aromatic heterocycles. The van der Waals surface area contributed by atoms with Gasteiger partial charge in [-0.25, -0.2) is 0 Å². The Labute approximate surface area is 130 Å². The molecule has 0 radical (unpaired) electrons. The number of carbonyl (C=O) groups is 1. The number of amides is 1. The average molecular weight is 351 g/mol. The zero-order valence-electron chi connectivity index (χ0n) is 10.9. The van der Waals surface area contributed by atoms with Crippen molar-refractivity contribution in [1.82, 2.24) is 10.6 Å². The maximum absolute atomic E-state index is 12.4. The van der Waals surface area contributed by atoms with Gasteiger partial charge in [-0.2, -0.15) is 0 Å². The summed E-state index contributed by atoms with van der Waals surface area (Å²) in [5.74, 6) is 0.0393. The van der Waals surface area contributed by atoms with Gasteiger partial charge in [-0.15, -0.1) is 11.3 Å². The molecule has 1 atom stereocenters. The highest BCUT2D eigenvalue weighted by Crippen LogP contribution is 2.24. The van der Waals surface area contributed by atoms with Gasteiger partial charge in [-0.05, 0) is 44.9 Å². The summed E-state index contributed by atoms with van der Waals surface area (Å²) in [5, 5.41) is 8.33. The predicted molar refractivity (Wildman–Crippen MR) is 84.8 cm³/mol. The van der Waals surface area contributed by atoms with Crippen LogP contribution in [0.1, 0.15) is 22.0 Å². The first-order valence-electron chi connectivity index (χ1n) is 6.56. The van der Waals surface area contributed by atoms with E-state index in [4.69, 9.17) is 0 Å². The third-order valence-electron chi connectivity index (χ3n) is 3.49. The molecular weight excluding hydrogens is 336 g/mol. The van der Waals surface area contributed by atoms with E-state index in [-0.39, 0.29) is 11.9 Å². The highest BCUT2D eigenvalue weighted by atomic mass is 79.9. The van der Waals surface area contributed by atoms with Crippen LogP contribution in [0.5, 0.6) is 0 Å². The summed E-state index contributed by atoms with van der Waals surface area (Å²) in [7, 11) is 0. The minimum atomic E-state index is -0.237. The fourth-order valence-electron chi connectivity index (χ4n) is 2.46. The average Bonchev–Trinajstić information content (AvgIpc) is 2.89. The molecule has 2 heterocycles. The Morgan fingerprint density at radius 1 is 1.40 bits per heavy atom. The van der Waals surface area contributed by atoms with Crippen molar-refractivity contribution >= 4 is 33.2 Å². The van der Waals surface area contributed by atoms with E-state index < -0.39 is 0 Å². The molecule has 0 saturated carbocycles. The number of nitrogens with one attached hydrogen (secondary N) is 2. The summed E-state index contributed by atoms with van der Waals surface area (Å²) in [6, 6.07) is 9.92. The fourth-order valence-corrected chi connectivity index (χ4v) is 3.89. The summed E-state index contributed by atoms with van der Waals surface area (Å²) in [6.45, 7) is 1.41. The summed E-state index contributed by atoms with van der Waals surface area (Å²) in [6.07, 6.45) is 0.983. The molecule has 20 heavy (non-hydrogen) atoms. The van der Waals surface area contributed by atoms with Crippen LogP contribution in [0, 0.1) is 0 Å². The van der Waals surface area contributed by atoms with E-state index >= 15 is 0 Å². The second-order valence-corrected chi connectivity index (χ2v) is 6.60. The number of rotatable bonds is 3.